The number of hydrogen-bond acceptors (Lipinski definition) is 5. The first-order chi connectivity index (χ1) is 14.1. The Morgan fingerprint density at radius 1 is 1.00 bits per heavy atom. The number of nitrogens with zero attached hydrogens (tertiary/aromatic N) is 3. The lowest BCUT2D eigenvalue weighted by atomic mass is 10.1. The van der Waals surface area contributed by atoms with Gasteiger partial charge in [-0.3, -0.25) is 0 Å². The third-order valence-electron chi connectivity index (χ3n) is 5.67. The van der Waals surface area contributed by atoms with Crippen molar-refractivity contribution in [2.24, 2.45) is 0 Å². The van der Waals surface area contributed by atoms with Gasteiger partial charge in [0.25, 0.3) is 10.0 Å². The fraction of sp³-hybridized carbons (Fsp3) is 0.227. The molecule has 29 heavy (non-hydrogen) atoms. The zero-order valence-corrected chi connectivity index (χ0v) is 16.9. The van der Waals surface area contributed by atoms with Gasteiger partial charge in [-0.2, -0.15) is 0 Å². The minimum absolute atomic E-state index is 0.274. The van der Waals surface area contributed by atoms with E-state index >= 15 is 0 Å². The first-order valence-corrected chi connectivity index (χ1v) is 11.2. The Labute approximate surface area is 169 Å². The van der Waals surface area contributed by atoms with E-state index in [2.05, 4.69) is 10.2 Å². The van der Waals surface area contributed by atoms with Gasteiger partial charge < -0.3 is 10.2 Å². The summed E-state index contributed by atoms with van der Waals surface area (Å²) < 4.78 is 28.2. The van der Waals surface area contributed by atoms with Crippen LogP contribution < -0.4 is 10.2 Å². The maximum atomic E-state index is 13.4. The van der Waals surface area contributed by atoms with Crippen LogP contribution in [0, 0.1) is 0 Å². The molecule has 6 nitrogen and oxygen atoms in total. The average molecular weight is 407 g/mol. The molecule has 148 valence electrons. The van der Waals surface area contributed by atoms with Crippen molar-refractivity contribution in [3.63, 3.8) is 0 Å². The molecule has 1 unspecified atom stereocenters. The molecule has 2 aromatic heterocycles. The molecule has 1 aliphatic heterocycles. The van der Waals surface area contributed by atoms with Gasteiger partial charge in [0.05, 0.1) is 15.9 Å². The number of rotatable bonds is 4. The standard InChI is InChI=1S/C22H22N4O2S/c1-23-16-11-13-25(15-16)22-19-12-14-26(29(27,28)17-7-3-2-4-8-17)21(19)18-9-5-6-10-20(18)24-22/h2-10,12,14,16,23H,11,13,15H2,1H3. The first-order valence-electron chi connectivity index (χ1n) is 9.72. The minimum atomic E-state index is -3.71. The van der Waals surface area contributed by atoms with Crippen molar-refractivity contribution < 1.29 is 8.42 Å². The molecule has 2 aromatic carbocycles. The van der Waals surface area contributed by atoms with E-state index in [-0.39, 0.29) is 4.90 Å². The summed E-state index contributed by atoms with van der Waals surface area (Å²) in [6, 6.07) is 18.6. The number of pyridine rings is 1. The van der Waals surface area contributed by atoms with Crippen LogP contribution in [-0.4, -0.2) is 43.6 Å². The minimum Gasteiger partial charge on any atom is -0.354 e. The molecule has 5 rings (SSSR count). The molecule has 1 aliphatic rings. The summed E-state index contributed by atoms with van der Waals surface area (Å²) in [5.74, 6) is 0.846. The Morgan fingerprint density at radius 3 is 2.52 bits per heavy atom. The molecule has 1 N–H and O–H groups in total. The maximum Gasteiger partial charge on any atom is 0.268 e. The van der Waals surface area contributed by atoms with Crippen molar-refractivity contribution in [2.75, 3.05) is 25.0 Å². The average Bonchev–Trinajstić information content (AvgIpc) is 3.42. The van der Waals surface area contributed by atoms with Crippen molar-refractivity contribution in [1.82, 2.24) is 14.3 Å². The van der Waals surface area contributed by atoms with Gasteiger partial charge in [-0.1, -0.05) is 36.4 Å². The Kier molecular flexibility index (Phi) is 4.29. The largest absolute Gasteiger partial charge is 0.354 e. The van der Waals surface area contributed by atoms with Gasteiger partial charge in [0.1, 0.15) is 5.82 Å². The summed E-state index contributed by atoms with van der Waals surface area (Å²) >= 11 is 0. The summed E-state index contributed by atoms with van der Waals surface area (Å²) in [5, 5.41) is 5.02. The van der Waals surface area contributed by atoms with E-state index in [1.54, 1.807) is 30.5 Å². The van der Waals surface area contributed by atoms with Crippen molar-refractivity contribution in [3.8, 4) is 0 Å². The molecule has 0 radical (unpaired) electrons. The molecule has 4 aromatic rings. The second-order valence-corrected chi connectivity index (χ2v) is 9.18. The van der Waals surface area contributed by atoms with Crippen LogP contribution in [0.3, 0.4) is 0 Å². The van der Waals surface area contributed by atoms with Gasteiger partial charge >= 0.3 is 0 Å². The highest BCUT2D eigenvalue weighted by molar-refractivity contribution is 7.90. The SMILES string of the molecule is CNC1CCN(c2nc3ccccc3c3c2ccn3S(=O)(=O)c2ccccc2)C1. The monoisotopic (exact) mass is 406 g/mol. The van der Waals surface area contributed by atoms with Crippen LogP contribution in [0.15, 0.2) is 71.8 Å². The van der Waals surface area contributed by atoms with Gasteiger partial charge in [0.15, 0.2) is 0 Å². The van der Waals surface area contributed by atoms with E-state index < -0.39 is 10.0 Å². The molecule has 3 heterocycles. The Bertz CT molecular complexity index is 1300. The molecule has 1 fully saturated rings. The summed E-state index contributed by atoms with van der Waals surface area (Å²) in [4.78, 5) is 7.43. The van der Waals surface area contributed by atoms with Crippen molar-refractivity contribution >= 4 is 37.6 Å². The fourth-order valence-corrected chi connectivity index (χ4v) is 5.53. The van der Waals surface area contributed by atoms with Crippen molar-refractivity contribution in [1.29, 1.82) is 0 Å². The van der Waals surface area contributed by atoms with Crippen LogP contribution in [0.5, 0.6) is 0 Å². The van der Waals surface area contributed by atoms with E-state index in [1.165, 1.54) is 3.97 Å². The lowest BCUT2D eigenvalue weighted by Crippen LogP contribution is -2.30. The summed E-state index contributed by atoms with van der Waals surface area (Å²) in [6.45, 7) is 1.75. The van der Waals surface area contributed by atoms with Gasteiger partial charge in [0.2, 0.25) is 0 Å². The van der Waals surface area contributed by atoms with Crippen molar-refractivity contribution in [3.05, 3.63) is 66.9 Å². The number of benzene rings is 2. The number of anilines is 1. The molecule has 1 saturated heterocycles. The topological polar surface area (TPSA) is 67.2 Å². The molecule has 0 spiro atoms. The van der Waals surface area contributed by atoms with Gasteiger partial charge in [0, 0.05) is 36.1 Å². The van der Waals surface area contributed by atoms with Gasteiger partial charge in [-0.15, -0.1) is 0 Å². The number of likely N-dealkylation sites (N-methyl/N-ethyl adjacent to an activating group) is 1. The molecule has 0 aliphatic carbocycles. The number of aromatic nitrogens is 2. The van der Waals surface area contributed by atoms with Crippen LogP contribution >= 0.6 is 0 Å². The number of nitrogens with one attached hydrogen (secondary N) is 1. The molecule has 7 heteroatoms. The second-order valence-electron chi connectivity index (χ2n) is 7.36. The third kappa shape index (κ3) is 2.89. The van der Waals surface area contributed by atoms with Gasteiger partial charge in [-0.25, -0.2) is 17.4 Å². The quantitative estimate of drug-likeness (QED) is 0.564. The normalized spacial score (nSPS) is 17.4. The molecule has 0 saturated carbocycles. The molecule has 1 atom stereocenters. The Hall–Kier alpha value is -2.90. The van der Waals surface area contributed by atoms with E-state index in [0.29, 0.717) is 11.6 Å². The lowest BCUT2D eigenvalue weighted by Gasteiger charge is -2.20. The zero-order chi connectivity index (χ0) is 20.0. The van der Waals surface area contributed by atoms with Crippen LogP contribution in [0.1, 0.15) is 6.42 Å². The maximum absolute atomic E-state index is 13.4. The van der Waals surface area contributed by atoms with E-state index in [9.17, 15) is 8.42 Å². The zero-order valence-electron chi connectivity index (χ0n) is 16.1. The number of para-hydroxylation sites is 1. The molecular formula is C22H22N4O2S. The summed E-state index contributed by atoms with van der Waals surface area (Å²) in [6.07, 6.45) is 2.69. The predicted molar refractivity (Wildman–Crippen MR) is 116 cm³/mol. The summed E-state index contributed by atoms with van der Waals surface area (Å²) in [7, 11) is -1.74. The Balaban J connectivity index is 1.78. The second kappa shape index (κ2) is 6.86. The van der Waals surface area contributed by atoms with Crippen LogP contribution in [0.25, 0.3) is 21.8 Å². The van der Waals surface area contributed by atoms with E-state index in [0.717, 1.165) is 41.6 Å². The predicted octanol–water partition coefficient (Wildman–Crippen LogP) is 3.22. The highest BCUT2D eigenvalue weighted by Gasteiger charge is 2.27. The molecule has 0 amide bonds. The number of fused-ring (bicyclic) bond motifs is 3. The van der Waals surface area contributed by atoms with Crippen LogP contribution in [0.2, 0.25) is 0 Å². The molecular weight excluding hydrogens is 384 g/mol. The highest BCUT2D eigenvalue weighted by Crippen LogP contribution is 2.35. The Morgan fingerprint density at radius 2 is 1.76 bits per heavy atom. The lowest BCUT2D eigenvalue weighted by molar-refractivity contribution is 0.589. The van der Waals surface area contributed by atoms with Gasteiger partial charge in [-0.05, 0) is 37.7 Å². The van der Waals surface area contributed by atoms with Crippen LogP contribution in [-0.2, 0) is 10.0 Å². The first kappa shape index (κ1) is 18.1. The van der Waals surface area contributed by atoms with Crippen molar-refractivity contribution in [2.45, 2.75) is 17.4 Å². The smallest absolute Gasteiger partial charge is 0.268 e. The van der Waals surface area contributed by atoms with E-state index in [4.69, 9.17) is 4.98 Å². The highest BCUT2D eigenvalue weighted by atomic mass is 32.2. The summed E-state index contributed by atoms with van der Waals surface area (Å²) in [5.41, 5.74) is 1.48. The third-order valence-corrected chi connectivity index (χ3v) is 7.36. The fourth-order valence-electron chi connectivity index (χ4n) is 4.14. The van der Waals surface area contributed by atoms with Crippen LogP contribution in [0.4, 0.5) is 5.82 Å². The number of hydrogen-bond donors (Lipinski definition) is 1. The van der Waals surface area contributed by atoms with E-state index in [1.807, 2.05) is 43.4 Å². The molecule has 0 bridgehead atoms.